The number of aromatic nitrogens is 2. The summed E-state index contributed by atoms with van der Waals surface area (Å²) in [7, 11) is 1.85. The molecule has 2 atom stereocenters. The maximum Gasteiger partial charge on any atom is 0.387 e. The summed E-state index contributed by atoms with van der Waals surface area (Å²) in [5.74, 6) is 0.00473. The summed E-state index contributed by atoms with van der Waals surface area (Å²) in [4.78, 5) is 12.7. The Labute approximate surface area is 162 Å². The molecule has 152 valence electrons. The minimum atomic E-state index is -2.93. The number of nitrogens with one attached hydrogen (secondary N) is 2. The lowest BCUT2D eigenvalue weighted by Gasteiger charge is -2.17. The van der Waals surface area contributed by atoms with Gasteiger partial charge in [0.25, 0.3) is 0 Å². The zero-order chi connectivity index (χ0) is 20.1. The molecule has 7 nitrogen and oxygen atoms in total. The molecule has 2 N–H and O–H groups in total. The lowest BCUT2D eigenvalue weighted by Crippen LogP contribution is -2.33. The second kappa shape index (κ2) is 9.01. The number of alkyl halides is 2. The summed E-state index contributed by atoms with van der Waals surface area (Å²) in [6, 6.07) is 4.66. The lowest BCUT2D eigenvalue weighted by atomic mass is 9.90. The van der Waals surface area contributed by atoms with E-state index in [2.05, 4.69) is 20.5 Å². The Morgan fingerprint density at radius 2 is 2.21 bits per heavy atom. The van der Waals surface area contributed by atoms with E-state index >= 15 is 0 Å². The highest BCUT2D eigenvalue weighted by molar-refractivity contribution is 5.80. The minimum Gasteiger partial charge on any atom is -0.490 e. The maximum atomic E-state index is 12.7. The normalized spacial score (nSPS) is 19.0. The first-order chi connectivity index (χ1) is 13.5. The highest BCUT2D eigenvalue weighted by atomic mass is 19.3. The summed E-state index contributed by atoms with van der Waals surface area (Å²) >= 11 is 0. The fourth-order valence-electron chi connectivity index (χ4n) is 3.38. The average Bonchev–Trinajstić information content (AvgIpc) is 3.30. The fraction of sp³-hybridized carbons (Fsp3) is 0.474. The van der Waals surface area contributed by atoms with Crippen molar-refractivity contribution >= 4 is 5.91 Å². The highest BCUT2D eigenvalue weighted by Gasteiger charge is 2.34. The monoisotopic (exact) mass is 394 g/mol. The molecule has 1 aliphatic rings. The van der Waals surface area contributed by atoms with Crippen molar-refractivity contribution in [3.63, 3.8) is 0 Å². The van der Waals surface area contributed by atoms with Gasteiger partial charge in [-0.1, -0.05) is 6.07 Å². The Balaban J connectivity index is 1.64. The molecule has 28 heavy (non-hydrogen) atoms. The van der Waals surface area contributed by atoms with Crippen LogP contribution < -0.4 is 20.1 Å². The van der Waals surface area contributed by atoms with E-state index in [-0.39, 0.29) is 35.8 Å². The SMILES string of the molecule is CCOc1cc(CNC(=O)[C@H]2CNC[C@@H]2c2cnn(C)c2)ccc1OC(F)F. The molecule has 0 bridgehead atoms. The molecule has 1 fully saturated rings. The third-order valence-corrected chi connectivity index (χ3v) is 4.69. The summed E-state index contributed by atoms with van der Waals surface area (Å²) < 4.78 is 36.6. The quantitative estimate of drug-likeness (QED) is 0.717. The number of nitrogens with zero attached hydrogens (tertiary/aromatic N) is 2. The third-order valence-electron chi connectivity index (χ3n) is 4.69. The van der Waals surface area contributed by atoms with Crippen LogP contribution in [-0.2, 0) is 18.4 Å². The van der Waals surface area contributed by atoms with Gasteiger partial charge in [-0.15, -0.1) is 0 Å². The molecule has 3 rings (SSSR count). The van der Waals surface area contributed by atoms with Gasteiger partial charge in [-0.25, -0.2) is 0 Å². The molecule has 2 aromatic rings. The highest BCUT2D eigenvalue weighted by Crippen LogP contribution is 2.30. The van der Waals surface area contributed by atoms with Crippen molar-refractivity contribution in [1.29, 1.82) is 0 Å². The first-order valence-corrected chi connectivity index (χ1v) is 9.15. The van der Waals surface area contributed by atoms with E-state index in [0.29, 0.717) is 13.2 Å². The van der Waals surface area contributed by atoms with Crippen molar-refractivity contribution in [2.75, 3.05) is 19.7 Å². The number of benzene rings is 1. The van der Waals surface area contributed by atoms with Crippen LogP contribution in [0.15, 0.2) is 30.6 Å². The molecule has 1 amide bonds. The average molecular weight is 394 g/mol. The van der Waals surface area contributed by atoms with Crippen LogP contribution in [0.4, 0.5) is 8.78 Å². The van der Waals surface area contributed by atoms with Gasteiger partial charge in [-0.2, -0.15) is 13.9 Å². The van der Waals surface area contributed by atoms with Gasteiger partial charge in [0.1, 0.15) is 0 Å². The predicted molar refractivity (Wildman–Crippen MR) is 98.4 cm³/mol. The number of hydrogen-bond donors (Lipinski definition) is 2. The Bertz CT molecular complexity index is 812. The minimum absolute atomic E-state index is 0.0245. The van der Waals surface area contributed by atoms with Gasteiger partial charge in [-0.05, 0) is 30.2 Å². The number of aryl methyl sites for hydroxylation is 1. The molecule has 0 spiro atoms. The Hall–Kier alpha value is -2.68. The van der Waals surface area contributed by atoms with E-state index in [0.717, 1.165) is 17.7 Å². The van der Waals surface area contributed by atoms with E-state index in [4.69, 9.17) is 4.74 Å². The number of carbonyl (C=O) groups excluding carboxylic acids is 1. The smallest absolute Gasteiger partial charge is 0.387 e. The molecule has 0 radical (unpaired) electrons. The lowest BCUT2D eigenvalue weighted by molar-refractivity contribution is -0.125. The maximum absolute atomic E-state index is 12.7. The van der Waals surface area contributed by atoms with Crippen molar-refractivity contribution in [3.05, 3.63) is 41.7 Å². The molecule has 0 unspecified atom stereocenters. The Kier molecular flexibility index (Phi) is 6.45. The summed E-state index contributed by atoms with van der Waals surface area (Å²) in [6.45, 7) is 0.727. The van der Waals surface area contributed by atoms with Gasteiger partial charge < -0.3 is 20.1 Å². The zero-order valence-corrected chi connectivity index (χ0v) is 15.8. The second-order valence-electron chi connectivity index (χ2n) is 6.63. The van der Waals surface area contributed by atoms with Crippen LogP contribution in [0.2, 0.25) is 0 Å². The van der Waals surface area contributed by atoms with Gasteiger partial charge >= 0.3 is 6.61 Å². The number of rotatable bonds is 8. The number of hydrogen-bond acceptors (Lipinski definition) is 5. The first-order valence-electron chi connectivity index (χ1n) is 9.15. The van der Waals surface area contributed by atoms with Crippen LogP contribution >= 0.6 is 0 Å². The molecule has 1 saturated heterocycles. The van der Waals surface area contributed by atoms with Crippen molar-refractivity contribution in [2.45, 2.75) is 26.0 Å². The topological polar surface area (TPSA) is 77.4 Å². The molecule has 1 aromatic carbocycles. The van der Waals surface area contributed by atoms with Crippen LogP contribution in [-0.4, -0.2) is 42.0 Å². The first kappa shape index (κ1) is 20.1. The summed E-state index contributed by atoms with van der Waals surface area (Å²) in [6.07, 6.45) is 3.71. The van der Waals surface area contributed by atoms with Gasteiger partial charge in [0.05, 0.1) is 18.7 Å². The molecule has 9 heteroatoms. The van der Waals surface area contributed by atoms with Gasteiger partial charge in [0.2, 0.25) is 5.91 Å². The van der Waals surface area contributed by atoms with Crippen LogP contribution in [0.1, 0.15) is 24.0 Å². The fourth-order valence-corrected chi connectivity index (χ4v) is 3.38. The number of carbonyl (C=O) groups is 1. The third kappa shape index (κ3) is 4.78. The number of ether oxygens (including phenoxy) is 2. The molecule has 1 aromatic heterocycles. The van der Waals surface area contributed by atoms with Crippen molar-refractivity contribution in [1.82, 2.24) is 20.4 Å². The standard InChI is InChI=1S/C19H24F2N4O3/c1-3-27-17-6-12(4-5-16(17)28-19(20)21)7-23-18(26)15-10-22-9-14(15)13-8-24-25(2)11-13/h4-6,8,11,14-15,19,22H,3,7,9-10H2,1-2H3,(H,23,26)/t14-,15+/m1/s1. The largest absolute Gasteiger partial charge is 0.490 e. The van der Waals surface area contributed by atoms with Crippen LogP contribution in [0.25, 0.3) is 0 Å². The van der Waals surface area contributed by atoms with E-state index in [1.807, 2.05) is 13.2 Å². The van der Waals surface area contributed by atoms with Crippen molar-refractivity contribution in [3.8, 4) is 11.5 Å². The van der Waals surface area contributed by atoms with Gasteiger partial charge in [0, 0.05) is 38.8 Å². The predicted octanol–water partition coefficient (Wildman–Crippen LogP) is 2.04. The van der Waals surface area contributed by atoms with Crippen LogP contribution in [0.3, 0.4) is 0 Å². The van der Waals surface area contributed by atoms with Gasteiger partial charge in [0.15, 0.2) is 11.5 Å². The molecular formula is C19H24F2N4O3. The van der Waals surface area contributed by atoms with Crippen LogP contribution in [0, 0.1) is 5.92 Å². The number of halogens is 2. The summed E-state index contributed by atoms with van der Waals surface area (Å²) in [5, 5.41) is 10.4. The molecule has 0 saturated carbocycles. The van der Waals surface area contributed by atoms with E-state index in [1.54, 1.807) is 29.9 Å². The van der Waals surface area contributed by atoms with Gasteiger partial charge in [-0.3, -0.25) is 9.48 Å². The van der Waals surface area contributed by atoms with Crippen molar-refractivity contribution < 1.29 is 23.0 Å². The Morgan fingerprint density at radius 1 is 1.39 bits per heavy atom. The Morgan fingerprint density at radius 3 is 2.89 bits per heavy atom. The van der Waals surface area contributed by atoms with E-state index < -0.39 is 6.61 Å². The zero-order valence-electron chi connectivity index (χ0n) is 15.8. The molecule has 2 heterocycles. The van der Waals surface area contributed by atoms with E-state index in [9.17, 15) is 13.6 Å². The van der Waals surface area contributed by atoms with Crippen molar-refractivity contribution in [2.24, 2.45) is 13.0 Å². The molecule has 1 aliphatic heterocycles. The van der Waals surface area contributed by atoms with Crippen LogP contribution in [0.5, 0.6) is 11.5 Å². The summed E-state index contributed by atoms with van der Waals surface area (Å²) in [5.41, 5.74) is 1.77. The second-order valence-corrected chi connectivity index (χ2v) is 6.63. The molecule has 0 aliphatic carbocycles. The number of amides is 1. The van der Waals surface area contributed by atoms with E-state index in [1.165, 1.54) is 6.07 Å². The molecular weight excluding hydrogens is 370 g/mol.